The monoisotopic (exact) mass is 1200 g/mol. The molecule has 0 aromatic heterocycles. The van der Waals surface area contributed by atoms with Crippen molar-refractivity contribution in [3.05, 3.63) is 327 Å². The van der Waals surface area contributed by atoms with Crippen molar-refractivity contribution >= 4 is 107 Å². The van der Waals surface area contributed by atoms with Crippen molar-refractivity contribution in [3.63, 3.8) is 0 Å². The van der Waals surface area contributed by atoms with Gasteiger partial charge in [0.15, 0.2) is 0 Å². The van der Waals surface area contributed by atoms with Gasteiger partial charge >= 0.3 is 0 Å². The SMILES string of the molecule is CC(C)(C)c1ccc2c(c1)B1c3ccc(N(c4ccccc4)c4ccccc4)cc3N(c3ccc(-c4ccccc4)cc3)c3cc(-c4c(-c5ccccc5)cccc4-c4ccccc4)cc(c31)N2c1ccc(C(C)(C)C)cc1-c1ccc2ccc3cccc4ccc1c2c34. The molecule has 94 heavy (non-hydrogen) atoms. The number of nitrogens with zero attached hydrogens (tertiary/aromatic N) is 3. The average molecular weight is 1200 g/mol. The summed E-state index contributed by atoms with van der Waals surface area (Å²) in [6, 6.07) is 119. The summed E-state index contributed by atoms with van der Waals surface area (Å²) in [6.45, 7) is 13.9. The first kappa shape index (κ1) is 56.8. The Morgan fingerprint density at radius 2 is 0.787 bits per heavy atom. The first-order valence-electron chi connectivity index (χ1n) is 33.1. The second-order valence-electron chi connectivity index (χ2n) is 27.6. The lowest BCUT2D eigenvalue weighted by Gasteiger charge is -2.45. The lowest BCUT2D eigenvalue weighted by molar-refractivity contribution is 0.590. The van der Waals surface area contributed by atoms with Crippen molar-refractivity contribution < 1.29 is 0 Å². The highest BCUT2D eigenvalue weighted by atomic mass is 15.2. The largest absolute Gasteiger partial charge is 0.311 e. The fraction of sp³-hybridized carbons (Fsp3) is 0.0889. The zero-order valence-electron chi connectivity index (χ0n) is 53.9. The highest BCUT2D eigenvalue weighted by Crippen LogP contribution is 2.53. The van der Waals surface area contributed by atoms with Gasteiger partial charge in [-0.1, -0.05) is 278 Å². The standard InChI is InChI=1S/C90H70BN3/c1-89(2,3)67-44-52-80(77(56-67)75-49-42-65-39-38-63-30-22-31-64-43-50-76(75)87(65)85(63)64)94-81-53-45-68(90(4,5)6)57-79(81)91-78-51-48-72(92(69-32-18-10-19-33-69)70-34-20-11-21-35-70)58-82(78)93(71-46-40-60(41-47-71)59-24-12-7-13-25-59)83-54-66(55-84(94)88(83)91)86-73(61-26-14-8-15-27-61)36-23-37-74(86)62-28-16-9-17-29-62/h7-58H,1-6H3. The van der Waals surface area contributed by atoms with Gasteiger partial charge < -0.3 is 14.7 Å². The van der Waals surface area contributed by atoms with Crippen LogP contribution in [0.3, 0.4) is 0 Å². The number of hydrogen-bond acceptors (Lipinski definition) is 3. The van der Waals surface area contributed by atoms with Gasteiger partial charge in [0, 0.05) is 51.1 Å². The van der Waals surface area contributed by atoms with Crippen LogP contribution in [0.5, 0.6) is 0 Å². The number of anilines is 9. The van der Waals surface area contributed by atoms with Gasteiger partial charge in [-0.15, -0.1) is 0 Å². The van der Waals surface area contributed by atoms with Gasteiger partial charge in [-0.25, -0.2) is 0 Å². The highest BCUT2D eigenvalue weighted by molar-refractivity contribution is 7.00. The van der Waals surface area contributed by atoms with Gasteiger partial charge in [-0.3, -0.25) is 0 Å². The molecular weight excluding hydrogens is 1130 g/mol. The molecule has 0 spiro atoms. The normalized spacial score (nSPS) is 12.7. The minimum absolute atomic E-state index is 0.145. The zero-order valence-corrected chi connectivity index (χ0v) is 53.9. The van der Waals surface area contributed by atoms with Crippen LogP contribution in [0.4, 0.5) is 51.2 Å². The number of fused-ring (bicyclic) bond motifs is 4. The van der Waals surface area contributed by atoms with E-state index in [4.69, 9.17) is 0 Å². The van der Waals surface area contributed by atoms with Crippen LogP contribution in [-0.2, 0) is 10.8 Å². The van der Waals surface area contributed by atoms with Crippen molar-refractivity contribution in [2.24, 2.45) is 0 Å². The maximum absolute atomic E-state index is 2.68. The van der Waals surface area contributed by atoms with Gasteiger partial charge in [0.05, 0.1) is 5.69 Å². The zero-order chi connectivity index (χ0) is 63.4. The Kier molecular flexibility index (Phi) is 13.5. The Bertz CT molecular complexity index is 5270. The summed E-state index contributed by atoms with van der Waals surface area (Å²) in [5.74, 6) is 0. The Morgan fingerprint density at radius 3 is 1.38 bits per heavy atom. The lowest BCUT2D eigenvalue weighted by atomic mass is 9.33. The van der Waals surface area contributed by atoms with Gasteiger partial charge in [-0.2, -0.15) is 0 Å². The second-order valence-corrected chi connectivity index (χ2v) is 27.6. The van der Waals surface area contributed by atoms with E-state index in [9.17, 15) is 0 Å². The molecule has 0 atom stereocenters. The van der Waals surface area contributed by atoms with E-state index >= 15 is 0 Å². The van der Waals surface area contributed by atoms with E-state index in [1.54, 1.807) is 0 Å². The molecule has 0 saturated heterocycles. The Morgan fingerprint density at radius 1 is 0.287 bits per heavy atom. The van der Waals surface area contributed by atoms with Crippen molar-refractivity contribution in [3.8, 4) is 55.6 Å². The van der Waals surface area contributed by atoms with Crippen molar-refractivity contribution in [2.75, 3.05) is 14.7 Å². The molecule has 15 aromatic rings. The molecule has 0 unspecified atom stereocenters. The summed E-state index contributed by atoms with van der Waals surface area (Å²) >= 11 is 0. The molecular formula is C90H70BN3. The Balaban J connectivity index is 1.02. The van der Waals surface area contributed by atoms with E-state index in [-0.39, 0.29) is 17.5 Å². The molecule has 0 saturated carbocycles. The quantitative estimate of drug-likeness (QED) is 0.0998. The average Bonchev–Trinajstić information content (AvgIpc) is 0.700. The van der Waals surface area contributed by atoms with E-state index in [0.717, 1.165) is 62.2 Å². The molecule has 0 radical (unpaired) electrons. The third kappa shape index (κ3) is 9.50. The van der Waals surface area contributed by atoms with Gasteiger partial charge in [0.25, 0.3) is 6.71 Å². The molecule has 448 valence electrons. The van der Waals surface area contributed by atoms with Crippen LogP contribution < -0.4 is 31.1 Å². The van der Waals surface area contributed by atoms with E-state index in [1.165, 1.54) is 104 Å². The van der Waals surface area contributed by atoms with E-state index in [2.05, 4.69) is 372 Å². The molecule has 2 heterocycles. The van der Waals surface area contributed by atoms with Crippen molar-refractivity contribution in [2.45, 2.75) is 52.4 Å². The molecule has 15 aromatic carbocycles. The fourth-order valence-corrected chi connectivity index (χ4v) is 15.3. The predicted octanol–water partition coefficient (Wildman–Crippen LogP) is 23.1. The van der Waals surface area contributed by atoms with E-state index in [0.29, 0.717) is 0 Å². The first-order valence-corrected chi connectivity index (χ1v) is 33.1. The molecule has 4 heteroatoms. The molecule has 17 rings (SSSR count). The number of rotatable bonds is 10. The van der Waals surface area contributed by atoms with Gasteiger partial charge in [0.1, 0.15) is 0 Å². The van der Waals surface area contributed by atoms with Crippen LogP contribution in [0, 0.1) is 0 Å². The predicted molar refractivity (Wildman–Crippen MR) is 403 cm³/mol. The van der Waals surface area contributed by atoms with Crippen LogP contribution in [0.2, 0.25) is 0 Å². The third-order valence-electron chi connectivity index (χ3n) is 19.9. The Labute approximate surface area is 552 Å². The van der Waals surface area contributed by atoms with Crippen LogP contribution in [0.1, 0.15) is 52.7 Å². The van der Waals surface area contributed by atoms with Crippen molar-refractivity contribution in [1.82, 2.24) is 0 Å². The fourth-order valence-electron chi connectivity index (χ4n) is 15.3. The molecule has 2 aliphatic heterocycles. The van der Waals surface area contributed by atoms with E-state index in [1.807, 2.05) is 0 Å². The summed E-state index contributed by atoms with van der Waals surface area (Å²) < 4.78 is 0. The van der Waals surface area contributed by atoms with Gasteiger partial charge in [0.2, 0.25) is 0 Å². The van der Waals surface area contributed by atoms with Crippen molar-refractivity contribution in [1.29, 1.82) is 0 Å². The Hall–Kier alpha value is -11.2. The molecule has 0 amide bonds. The summed E-state index contributed by atoms with van der Waals surface area (Å²) in [6.07, 6.45) is 0. The maximum atomic E-state index is 2.68. The summed E-state index contributed by atoms with van der Waals surface area (Å²) in [5, 5.41) is 7.65. The van der Waals surface area contributed by atoms with E-state index < -0.39 is 0 Å². The first-order chi connectivity index (χ1) is 45.9. The van der Waals surface area contributed by atoms with Crippen LogP contribution in [0.15, 0.2) is 315 Å². The van der Waals surface area contributed by atoms with Crippen LogP contribution in [0.25, 0.3) is 88.0 Å². The minimum atomic E-state index is -0.178. The minimum Gasteiger partial charge on any atom is -0.311 e. The third-order valence-corrected chi connectivity index (χ3v) is 19.9. The lowest BCUT2D eigenvalue weighted by Crippen LogP contribution is -2.61. The highest BCUT2D eigenvalue weighted by Gasteiger charge is 2.45. The molecule has 2 aliphatic rings. The number of benzene rings is 15. The van der Waals surface area contributed by atoms with Crippen LogP contribution >= 0.6 is 0 Å². The smallest absolute Gasteiger partial charge is 0.252 e. The summed E-state index contributed by atoms with van der Waals surface area (Å²) in [4.78, 5) is 7.69. The topological polar surface area (TPSA) is 9.72 Å². The molecule has 0 bridgehead atoms. The molecule has 0 N–H and O–H groups in total. The van der Waals surface area contributed by atoms with Gasteiger partial charge in [-0.05, 0) is 200 Å². The second kappa shape index (κ2) is 22.3. The number of hydrogen-bond donors (Lipinski definition) is 0. The number of para-hydroxylation sites is 2. The summed E-state index contributed by atoms with van der Waals surface area (Å²) in [7, 11) is 0. The molecule has 0 aliphatic carbocycles. The summed E-state index contributed by atoms with van der Waals surface area (Å²) in [5.41, 5.74) is 27.8. The molecule has 3 nitrogen and oxygen atoms in total. The van der Waals surface area contributed by atoms with Crippen LogP contribution in [-0.4, -0.2) is 6.71 Å². The maximum Gasteiger partial charge on any atom is 0.252 e. The molecule has 0 fully saturated rings.